The molecule has 1 amide bonds. The Kier molecular flexibility index (Phi) is 4.94. The molecule has 0 bridgehead atoms. The van der Waals surface area contributed by atoms with Crippen LogP contribution in [-0.2, 0) is 11.2 Å². The Morgan fingerprint density at radius 3 is 2.63 bits per heavy atom. The number of benzene rings is 1. The van der Waals surface area contributed by atoms with Gasteiger partial charge < -0.3 is 9.58 Å². The number of nitrogens with zero attached hydrogens (tertiary/aromatic N) is 1. The van der Waals surface area contributed by atoms with Gasteiger partial charge in [0.15, 0.2) is 0 Å². The molecule has 0 aromatic heterocycles. The number of hydrogen-bond donors (Lipinski definition) is 1. The Bertz CT molecular complexity index is 496. The third kappa shape index (κ3) is 5.43. The van der Waals surface area contributed by atoms with Gasteiger partial charge in [-0.3, -0.25) is 5.32 Å². The standard InChI is InChI=1S/C15H20N2O2/c1-11-10-12(8-9-16-5)6-7-13(11)17-14(18)19-15(2,3)4/h6-7,10H,8-9H2,1-4H3,(H,17,18). The zero-order valence-corrected chi connectivity index (χ0v) is 11.9. The zero-order valence-electron chi connectivity index (χ0n) is 11.9. The molecular formula is C15H20N2O2. The molecule has 0 aliphatic rings. The van der Waals surface area contributed by atoms with Crippen LogP contribution in [0.5, 0.6) is 0 Å². The van der Waals surface area contributed by atoms with Gasteiger partial charge in [-0.2, -0.15) is 0 Å². The number of nitrogens with one attached hydrogen (secondary N) is 1. The van der Waals surface area contributed by atoms with Crippen molar-refractivity contribution in [3.8, 4) is 0 Å². The maximum atomic E-state index is 11.7. The van der Waals surface area contributed by atoms with Gasteiger partial charge in [0.05, 0.1) is 0 Å². The van der Waals surface area contributed by atoms with E-state index in [1.54, 1.807) is 0 Å². The predicted octanol–water partition coefficient (Wildman–Crippen LogP) is 3.80. The number of hydrogen-bond acceptors (Lipinski definition) is 2. The molecule has 0 unspecified atom stereocenters. The summed E-state index contributed by atoms with van der Waals surface area (Å²) in [7, 11) is 0. The highest BCUT2D eigenvalue weighted by Crippen LogP contribution is 2.18. The number of carbonyl (C=O) groups is 1. The highest BCUT2D eigenvalue weighted by Gasteiger charge is 2.16. The van der Waals surface area contributed by atoms with Crippen LogP contribution < -0.4 is 5.32 Å². The van der Waals surface area contributed by atoms with E-state index in [0.717, 1.165) is 23.2 Å². The topological polar surface area (TPSA) is 42.7 Å². The van der Waals surface area contributed by atoms with E-state index >= 15 is 0 Å². The van der Waals surface area contributed by atoms with Crippen molar-refractivity contribution in [2.45, 2.75) is 39.7 Å². The van der Waals surface area contributed by atoms with Crippen molar-refractivity contribution in [2.75, 3.05) is 11.9 Å². The first-order chi connectivity index (χ1) is 8.81. The van der Waals surface area contributed by atoms with Gasteiger partial charge in [-0.05, 0) is 44.9 Å². The normalized spacial score (nSPS) is 10.7. The second kappa shape index (κ2) is 6.24. The SMILES string of the molecule is [C-]#[N+]CCc1ccc(NC(=O)OC(C)(C)C)c(C)c1. The lowest BCUT2D eigenvalue weighted by atomic mass is 10.1. The minimum absolute atomic E-state index is 0.454. The van der Waals surface area contributed by atoms with Crippen molar-refractivity contribution < 1.29 is 9.53 Å². The maximum Gasteiger partial charge on any atom is 0.412 e. The molecule has 4 heteroatoms. The Morgan fingerprint density at radius 2 is 2.11 bits per heavy atom. The third-order valence-corrected chi connectivity index (χ3v) is 2.44. The van der Waals surface area contributed by atoms with Gasteiger partial charge >= 0.3 is 6.09 Å². The molecule has 0 aliphatic heterocycles. The second-order valence-electron chi connectivity index (χ2n) is 5.41. The highest BCUT2D eigenvalue weighted by atomic mass is 16.6. The first-order valence-electron chi connectivity index (χ1n) is 6.24. The van der Waals surface area contributed by atoms with Crippen LogP contribution in [0.1, 0.15) is 31.9 Å². The molecule has 1 rings (SSSR count). The van der Waals surface area contributed by atoms with Gasteiger partial charge in [-0.1, -0.05) is 12.1 Å². The van der Waals surface area contributed by atoms with Crippen LogP contribution in [0, 0.1) is 13.5 Å². The quantitative estimate of drug-likeness (QED) is 0.840. The lowest BCUT2D eigenvalue weighted by Crippen LogP contribution is -2.27. The first-order valence-corrected chi connectivity index (χ1v) is 6.24. The molecule has 0 atom stereocenters. The molecule has 102 valence electrons. The van der Waals surface area contributed by atoms with E-state index in [2.05, 4.69) is 10.2 Å². The van der Waals surface area contributed by atoms with Crippen molar-refractivity contribution in [2.24, 2.45) is 0 Å². The van der Waals surface area contributed by atoms with Crippen LogP contribution in [-0.4, -0.2) is 18.2 Å². The summed E-state index contributed by atoms with van der Waals surface area (Å²) < 4.78 is 5.20. The van der Waals surface area contributed by atoms with Crippen molar-refractivity contribution in [1.29, 1.82) is 0 Å². The molecule has 1 aromatic rings. The van der Waals surface area contributed by atoms with Crippen LogP contribution >= 0.6 is 0 Å². The highest BCUT2D eigenvalue weighted by molar-refractivity contribution is 5.85. The summed E-state index contributed by atoms with van der Waals surface area (Å²) in [6, 6.07) is 5.75. The molecule has 0 saturated carbocycles. The van der Waals surface area contributed by atoms with Crippen LogP contribution in [0.3, 0.4) is 0 Å². The fraction of sp³-hybridized carbons (Fsp3) is 0.467. The summed E-state index contributed by atoms with van der Waals surface area (Å²) in [5.41, 5.74) is 2.30. The van der Waals surface area contributed by atoms with Gasteiger partial charge in [0, 0.05) is 12.1 Å². The predicted molar refractivity (Wildman–Crippen MR) is 76.2 cm³/mol. The fourth-order valence-corrected chi connectivity index (χ4v) is 1.62. The fourth-order valence-electron chi connectivity index (χ4n) is 1.62. The lowest BCUT2D eigenvalue weighted by Gasteiger charge is -2.20. The Balaban J connectivity index is 2.70. The molecule has 0 fully saturated rings. The molecule has 4 nitrogen and oxygen atoms in total. The number of ether oxygens (including phenoxy) is 1. The molecular weight excluding hydrogens is 240 g/mol. The lowest BCUT2D eigenvalue weighted by molar-refractivity contribution is 0.0636. The number of aryl methyl sites for hydroxylation is 1. The Hall–Kier alpha value is -2.02. The van der Waals surface area contributed by atoms with Crippen molar-refractivity contribution in [3.05, 3.63) is 40.7 Å². The number of carbonyl (C=O) groups excluding carboxylic acids is 1. The first kappa shape index (κ1) is 15.0. The minimum Gasteiger partial charge on any atom is -0.444 e. The van der Waals surface area contributed by atoms with Gasteiger partial charge in [-0.15, -0.1) is 0 Å². The molecule has 0 radical (unpaired) electrons. The number of amides is 1. The Morgan fingerprint density at radius 1 is 1.42 bits per heavy atom. The van der Waals surface area contributed by atoms with Crippen molar-refractivity contribution in [1.82, 2.24) is 0 Å². The van der Waals surface area contributed by atoms with E-state index < -0.39 is 11.7 Å². The van der Waals surface area contributed by atoms with E-state index in [-0.39, 0.29) is 0 Å². The molecule has 19 heavy (non-hydrogen) atoms. The second-order valence-corrected chi connectivity index (χ2v) is 5.41. The van der Waals surface area contributed by atoms with E-state index in [9.17, 15) is 4.79 Å². The largest absolute Gasteiger partial charge is 0.444 e. The van der Waals surface area contributed by atoms with E-state index in [1.165, 1.54) is 0 Å². The molecule has 0 saturated heterocycles. The molecule has 0 spiro atoms. The maximum absolute atomic E-state index is 11.7. The van der Waals surface area contributed by atoms with Crippen LogP contribution in [0.4, 0.5) is 10.5 Å². The minimum atomic E-state index is -0.506. The van der Waals surface area contributed by atoms with E-state index in [0.29, 0.717) is 6.54 Å². The molecule has 0 heterocycles. The van der Waals surface area contributed by atoms with E-state index in [4.69, 9.17) is 11.3 Å². The smallest absolute Gasteiger partial charge is 0.412 e. The van der Waals surface area contributed by atoms with Crippen molar-refractivity contribution >= 4 is 11.8 Å². The molecule has 1 aromatic carbocycles. The number of rotatable bonds is 3. The van der Waals surface area contributed by atoms with Crippen molar-refractivity contribution in [3.63, 3.8) is 0 Å². The van der Waals surface area contributed by atoms with Gasteiger partial charge in [0.1, 0.15) is 5.60 Å². The summed E-state index contributed by atoms with van der Waals surface area (Å²) in [4.78, 5) is 15.0. The van der Waals surface area contributed by atoms with Crippen LogP contribution in [0.15, 0.2) is 18.2 Å². The summed E-state index contributed by atoms with van der Waals surface area (Å²) in [6.07, 6.45) is 0.279. The summed E-state index contributed by atoms with van der Waals surface area (Å²) >= 11 is 0. The van der Waals surface area contributed by atoms with Gasteiger partial charge in [0.2, 0.25) is 6.54 Å². The summed E-state index contributed by atoms with van der Waals surface area (Å²) in [5, 5.41) is 2.73. The monoisotopic (exact) mass is 260 g/mol. The average Bonchev–Trinajstić information content (AvgIpc) is 2.27. The van der Waals surface area contributed by atoms with Crippen LogP contribution in [0.25, 0.3) is 4.85 Å². The Labute approximate surface area is 114 Å². The van der Waals surface area contributed by atoms with Crippen LogP contribution in [0.2, 0.25) is 0 Å². The molecule has 0 aliphatic carbocycles. The third-order valence-electron chi connectivity index (χ3n) is 2.44. The van der Waals surface area contributed by atoms with E-state index in [1.807, 2.05) is 45.9 Å². The molecule has 1 N–H and O–H groups in total. The van der Waals surface area contributed by atoms with Gasteiger partial charge in [0.25, 0.3) is 0 Å². The summed E-state index contributed by atoms with van der Waals surface area (Å²) in [5.74, 6) is 0. The summed E-state index contributed by atoms with van der Waals surface area (Å²) in [6.45, 7) is 14.7. The average molecular weight is 260 g/mol. The van der Waals surface area contributed by atoms with Gasteiger partial charge in [-0.25, -0.2) is 11.4 Å². The number of anilines is 1. The zero-order chi connectivity index (χ0) is 14.5.